The zero-order valence-corrected chi connectivity index (χ0v) is 10.3. The molecule has 1 aromatic heterocycles. The zero-order valence-electron chi connectivity index (χ0n) is 10.3. The van der Waals surface area contributed by atoms with Gasteiger partial charge in [0.05, 0.1) is 6.26 Å². The standard InChI is InChI=1S/C15H11NO3/c1-10-4-6-11(7-5-10)14-16-13(15(17)19-14)9-12-3-2-8-18-12/h2-9H,1H3. The number of carbonyl (C=O) groups is 1. The molecule has 0 saturated heterocycles. The van der Waals surface area contributed by atoms with Gasteiger partial charge in [-0.15, -0.1) is 0 Å². The van der Waals surface area contributed by atoms with Crippen LogP contribution in [-0.4, -0.2) is 11.9 Å². The lowest BCUT2D eigenvalue weighted by Crippen LogP contribution is -2.05. The number of nitrogens with zero attached hydrogens (tertiary/aromatic N) is 1. The van der Waals surface area contributed by atoms with Gasteiger partial charge < -0.3 is 9.15 Å². The van der Waals surface area contributed by atoms with E-state index >= 15 is 0 Å². The number of aryl methyl sites for hydroxylation is 1. The molecule has 2 heterocycles. The van der Waals surface area contributed by atoms with Gasteiger partial charge >= 0.3 is 5.97 Å². The molecule has 0 N–H and O–H groups in total. The van der Waals surface area contributed by atoms with Crippen molar-refractivity contribution in [3.05, 3.63) is 65.2 Å². The monoisotopic (exact) mass is 253 g/mol. The third kappa shape index (κ3) is 2.33. The average Bonchev–Trinajstić information content (AvgIpc) is 3.02. The minimum atomic E-state index is -0.466. The molecular weight excluding hydrogens is 242 g/mol. The van der Waals surface area contributed by atoms with Crippen LogP contribution in [-0.2, 0) is 9.53 Å². The number of rotatable bonds is 2. The lowest BCUT2D eigenvalue weighted by atomic mass is 10.1. The summed E-state index contributed by atoms with van der Waals surface area (Å²) in [6.45, 7) is 1.99. The van der Waals surface area contributed by atoms with Crippen LogP contribution in [0.25, 0.3) is 6.08 Å². The summed E-state index contributed by atoms with van der Waals surface area (Å²) in [6.07, 6.45) is 3.10. The summed E-state index contributed by atoms with van der Waals surface area (Å²) in [6, 6.07) is 11.1. The summed E-state index contributed by atoms with van der Waals surface area (Å²) in [5.74, 6) is 0.427. The number of cyclic esters (lactones) is 1. The highest BCUT2D eigenvalue weighted by Gasteiger charge is 2.24. The third-order valence-electron chi connectivity index (χ3n) is 2.74. The molecule has 0 atom stereocenters. The molecule has 1 aliphatic heterocycles. The number of ether oxygens (including phenoxy) is 1. The molecule has 3 rings (SSSR count). The summed E-state index contributed by atoms with van der Waals surface area (Å²) >= 11 is 0. The highest BCUT2D eigenvalue weighted by molar-refractivity contribution is 6.12. The Kier molecular flexibility index (Phi) is 2.76. The highest BCUT2D eigenvalue weighted by Crippen LogP contribution is 2.19. The van der Waals surface area contributed by atoms with Crippen molar-refractivity contribution in [1.29, 1.82) is 0 Å². The van der Waals surface area contributed by atoms with E-state index in [1.807, 2.05) is 31.2 Å². The highest BCUT2D eigenvalue weighted by atomic mass is 16.6. The Morgan fingerprint density at radius 2 is 1.95 bits per heavy atom. The van der Waals surface area contributed by atoms with Gasteiger partial charge in [0.2, 0.25) is 5.90 Å². The Labute approximate surface area is 110 Å². The fourth-order valence-corrected chi connectivity index (χ4v) is 1.74. The van der Waals surface area contributed by atoms with Gasteiger partial charge in [0, 0.05) is 11.6 Å². The predicted octanol–water partition coefficient (Wildman–Crippen LogP) is 2.93. The summed E-state index contributed by atoms with van der Waals surface area (Å²) < 4.78 is 10.3. The quantitative estimate of drug-likeness (QED) is 0.610. The van der Waals surface area contributed by atoms with Crippen LogP contribution in [0.1, 0.15) is 16.9 Å². The van der Waals surface area contributed by atoms with Crippen LogP contribution in [0.3, 0.4) is 0 Å². The Bertz CT molecular complexity index is 664. The number of furan rings is 1. The molecule has 0 saturated carbocycles. The average molecular weight is 253 g/mol. The normalized spacial score (nSPS) is 16.6. The van der Waals surface area contributed by atoms with Crippen LogP contribution in [0.2, 0.25) is 0 Å². The molecule has 94 valence electrons. The Morgan fingerprint density at radius 3 is 2.63 bits per heavy atom. The van der Waals surface area contributed by atoms with E-state index in [4.69, 9.17) is 9.15 Å². The van der Waals surface area contributed by atoms with Gasteiger partial charge in [0.1, 0.15) is 5.76 Å². The van der Waals surface area contributed by atoms with Crippen LogP contribution < -0.4 is 0 Å². The number of hydrogen-bond acceptors (Lipinski definition) is 4. The SMILES string of the molecule is Cc1ccc(C2=NC(=Cc3ccco3)C(=O)O2)cc1. The molecule has 0 fully saturated rings. The minimum absolute atomic E-state index is 0.241. The van der Waals surface area contributed by atoms with Gasteiger partial charge in [0.15, 0.2) is 5.70 Å². The van der Waals surface area contributed by atoms with Crippen LogP contribution in [0.4, 0.5) is 0 Å². The van der Waals surface area contributed by atoms with Crippen molar-refractivity contribution in [2.45, 2.75) is 6.92 Å². The van der Waals surface area contributed by atoms with E-state index in [-0.39, 0.29) is 5.70 Å². The molecule has 1 aromatic carbocycles. The van der Waals surface area contributed by atoms with E-state index in [1.54, 1.807) is 18.2 Å². The van der Waals surface area contributed by atoms with E-state index in [2.05, 4.69) is 4.99 Å². The first kappa shape index (κ1) is 11.5. The van der Waals surface area contributed by atoms with Crippen LogP contribution in [0.5, 0.6) is 0 Å². The number of benzene rings is 1. The third-order valence-corrected chi connectivity index (χ3v) is 2.74. The topological polar surface area (TPSA) is 51.8 Å². The van der Waals surface area contributed by atoms with Gasteiger partial charge in [-0.05, 0) is 31.2 Å². The molecule has 0 unspecified atom stereocenters. The van der Waals surface area contributed by atoms with Crippen molar-refractivity contribution in [3.8, 4) is 0 Å². The number of carbonyl (C=O) groups excluding carboxylic acids is 1. The predicted molar refractivity (Wildman–Crippen MR) is 70.5 cm³/mol. The Hall–Kier alpha value is -2.62. The van der Waals surface area contributed by atoms with Crippen LogP contribution in [0, 0.1) is 6.92 Å². The van der Waals surface area contributed by atoms with Crippen molar-refractivity contribution in [3.63, 3.8) is 0 Å². The fraction of sp³-hybridized carbons (Fsp3) is 0.0667. The number of aliphatic imine (C=N–C) groups is 1. The molecular formula is C15H11NO3. The van der Waals surface area contributed by atoms with Crippen molar-refractivity contribution >= 4 is 17.9 Å². The number of esters is 1. The van der Waals surface area contributed by atoms with Gasteiger partial charge in [-0.3, -0.25) is 0 Å². The van der Waals surface area contributed by atoms with Crippen LogP contribution >= 0.6 is 0 Å². The van der Waals surface area contributed by atoms with Crippen molar-refractivity contribution in [2.24, 2.45) is 4.99 Å². The molecule has 4 heteroatoms. The summed E-state index contributed by atoms with van der Waals surface area (Å²) in [5, 5.41) is 0. The van der Waals surface area contributed by atoms with Gasteiger partial charge in [-0.25, -0.2) is 9.79 Å². The maximum atomic E-state index is 11.7. The Balaban J connectivity index is 1.93. The minimum Gasteiger partial charge on any atom is -0.465 e. The van der Waals surface area contributed by atoms with E-state index < -0.39 is 5.97 Å². The largest absolute Gasteiger partial charge is 0.465 e. The smallest absolute Gasteiger partial charge is 0.363 e. The maximum absolute atomic E-state index is 11.7. The lowest BCUT2D eigenvalue weighted by Gasteiger charge is -1.99. The van der Waals surface area contributed by atoms with Crippen molar-refractivity contribution in [1.82, 2.24) is 0 Å². The summed E-state index contributed by atoms with van der Waals surface area (Å²) in [5.41, 5.74) is 2.16. The second-order valence-electron chi connectivity index (χ2n) is 4.22. The Morgan fingerprint density at radius 1 is 1.16 bits per heavy atom. The molecule has 0 radical (unpaired) electrons. The fourth-order valence-electron chi connectivity index (χ4n) is 1.74. The molecule has 2 aromatic rings. The molecule has 19 heavy (non-hydrogen) atoms. The van der Waals surface area contributed by atoms with E-state index in [0.717, 1.165) is 11.1 Å². The van der Waals surface area contributed by atoms with E-state index in [0.29, 0.717) is 11.7 Å². The lowest BCUT2D eigenvalue weighted by molar-refractivity contribution is -0.129. The molecule has 0 spiro atoms. The number of hydrogen-bond donors (Lipinski definition) is 0. The van der Waals surface area contributed by atoms with Gasteiger partial charge in [-0.2, -0.15) is 0 Å². The van der Waals surface area contributed by atoms with Crippen LogP contribution in [0.15, 0.2) is 57.8 Å². The maximum Gasteiger partial charge on any atom is 0.363 e. The van der Waals surface area contributed by atoms with Gasteiger partial charge in [0.25, 0.3) is 0 Å². The first-order valence-corrected chi connectivity index (χ1v) is 5.85. The molecule has 1 aliphatic rings. The zero-order chi connectivity index (χ0) is 13.2. The second kappa shape index (κ2) is 4.57. The first-order chi connectivity index (χ1) is 9.22. The molecule has 0 bridgehead atoms. The van der Waals surface area contributed by atoms with Crippen molar-refractivity contribution < 1.29 is 13.9 Å². The van der Waals surface area contributed by atoms with E-state index in [1.165, 1.54) is 6.26 Å². The molecule has 4 nitrogen and oxygen atoms in total. The first-order valence-electron chi connectivity index (χ1n) is 5.85. The summed E-state index contributed by atoms with van der Waals surface area (Å²) in [4.78, 5) is 15.9. The molecule has 0 aliphatic carbocycles. The second-order valence-corrected chi connectivity index (χ2v) is 4.22. The molecule has 0 amide bonds. The summed E-state index contributed by atoms with van der Waals surface area (Å²) in [7, 11) is 0. The van der Waals surface area contributed by atoms with E-state index in [9.17, 15) is 4.79 Å². The van der Waals surface area contributed by atoms with Crippen molar-refractivity contribution in [2.75, 3.05) is 0 Å². The van der Waals surface area contributed by atoms with Gasteiger partial charge in [-0.1, -0.05) is 17.7 Å².